The molecule has 150 valence electrons. The van der Waals surface area contributed by atoms with Crippen molar-refractivity contribution < 1.29 is 0 Å². The molecule has 7 nitrogen and oxygen atoms in total. The largest absolute Gasteiger partial charge is 0.397 e. The first-order valence-electron chi connectivity index (χ1n) is 8.98. The molecule has 0 saturated carbocycles. The van der Waals surface area contributed by atoms with E-state index in [1.54, 1.807) is 12.5 Å². The Labute approximate surface area is 174 Å². The Bertz CT molecular complexity index is 1090. The standard InChI is InChI=1S/C21H24ClN7/c1-28-10-6-9-16(28)20(24)17(18(22)19(23)14-7-4-3-5-8-14)21(25)27-12-15-11-26-13-29(15)2/h3-11,13H,12,23-24H2,1-2H3,(H2,25,27)/b19-18+,20-17?. The lowest BCUT2D eigenvalue weighted by molar-refractivity contribution is 0.820. The SMILES string of the molecule is Cn1cncc1CN=C(N)C(=C(N)c1cccn1C)/C(Cl)=C(\N)c1ccccc1. The lowest BCUT2D eigenvalue weighted by atomic mass is 10.1. The minimum absolute atomic E-state index is 0.203. The van der Waals surface area contributed by atoms with Crippen LogP contribution in [0.4, 0.5) is 0 Å². The second-order valence-electron chi connectivity index (χ2n) is 6.58. The number of aromatic nitrogens is 3. The number of aryl methyl sites for hydroxylation is 2. The molecule has 0 unspecified atom stereocenters. The smallest absolute Gasteiger partial charge is 0.129 e. The third kappa shape index (κ3) is 4.35. The number of hydrogen-bond donors (Lipinski definition) is 3. The predicted octanol–water partition coefficient (Wildman–Crippen LogP) is 2.55. The van der Waals surface area contributed by atoms with E-state index in [9.17, 15) is 0 Å². The number of benzene rings is 1. The molecule has 0 radical (unpaired) electrons. The molecule has 0 aliphatic rings. The normalized spacial score (nSPS) is 13.8. The minimum Gasteiger partial charge on any atom is -0.397 e. The molecule has 0 spiro atoms. The fraction of sp³-hybridized carbons (Fsp3) is 0.143. The van der Waals surface area contributed by atoms with Crippen LogP contribution < -0.4 is 17.2 Å². The van der Waals surface area contributed by atoms with E-state index >= 15 is 0 Å². The summed E-state index contributed by atoms with van der Waals surface area (Å²) in [6.45, 7) is 0.335. The van der Waals surface area contributed by atoms with Crippen LogP contribution in [0.2, 0.25) is 0 Å². The average Bonchev–Trinajstić information content (AvgIpc) is 3.34. The van der Waals surface area contributed by atoms with Gasteiger partial charge in [-0.25, -0.2) is 4.98 Å². The molecular weight excluding hydrogens is 386 g/mol. The summed E-state index contributed by atoms with van der Waals surface area (Å²) in [5, 5.41) is 0.251. The lowest BCUT2D eigenvalue weighted by Gasteiger charge is -2.15. The first kappa shape index (κ1) is 20.3. The van der Waals surface area contributed by atoms with Gasteiger partial charge in [0.25, 0.3) is 0 Å². The molecule has 29 heavy (non-hydrogen) atoms. The fourth-order valence-corrected chi connectivity index (χ4v) is 3.21. The van der Waals surface area contributed by atoms with E-state index in [1.165, 1.54) is 0 Å². The van der Waals surface area contributed by atoms with E-state index in [0.717, 1.165) is 17.0 Å². The summed E-state index contributed by atoms with van der Waals surface area (Å²) in [6, 6.07) is 13.2. The van der Waals surface area contributed by atoms with Gasteiger partial charge in [0.15, 0.2) is 0 Å². The molecule has 0 amide bonds. The molecule has 0 aliphatic heterocycles. The Morgan fingerprint density at radius 2 is 1.72 bits per heavy atom. The lowest BCUT2D eigenvalue weighted by Crippen LogP contribution is -2.22. The van der Waals surface area contributed by atoms with Crippen LogP contribution in [-0.2, 0) is 20.6 Å². The van der Waals surface area contributed by atoms with Crippen molar-refractivity contribution in [3.8, 4) is 0 Å². The second kappa shape index (κ2) is 8.70. The van der Waals surface area contributed by atoms with Gasteiger partial charge in [0.1, 0.15) is 5.84 Å². The molecule has 1 aromatic carbocycles. The minimum atomic E-state index is 0.203. The molecule has 6 N–H and O–H groups in total. The van der Waals surface area contributed by atoms with Gasteiger partial charge in [0.2, 0.25) is 0 Å². The van der Waals surface area contributed by atoms with E-state index in [1.807, 2.05) is 71.9 Å². The number of hydrogen-bond acceptors (Lipinski definition) is 4. The van der Waals surface area contributed by atoms with Gasteiger partial charge in [-0.2, -0.15) is 0 Å². The van der Waals surface area contributed by atoms with Crippen molar-refractivity contribution in [2.24, 2.45) is 36.3 Å². The van der Waals surface area contributed by atoms with Crippen molar-refractivity contribution in [3.63, 3.8) is 0 Å². The molecule has 2 aromatic heterocycles. The van der Waals surface area contributed by atoms with Crippen molar-refractivity contribution in [2.75, 3.05) is 0 Å². The van der Waals surface area contributed by atoms with E-state index in [4.69, 9.17) is 28.8 Å². The number of imidazole rings is 1. The number of rotatable bonds is 6. The Balaban J connectivity index is 2.12. The quantitative estimate of drug-likeness (QED) is 0.330. The van der Waals surface area contributed by atoms with Gasteiger partial charge >= 0.3 is 0 Å². The molecule has 0 fully saturated rings. The summed E-state index contributed by atoms with van der Waals surface area (Å²) < 4.78 is 3.75. The third-order valence-electron chi connectivity index (χ3n) is 4.61. The van der Waals surface area contributed by atoms with Crippen molar-refractivity contribution in [1.29, 1.82) is 0 Å². The Morgan fingerprint density at radius 3 is 2.31 bits per heavy atom. The van der Waals surface area contributed by atoms with Gasteiger partial charge in [-0.1, -0.05) is 41.9 Å². The summed E-state index contributed by atoms with van der Waals surface area (Å²) in [5.41, 5.74) is 22.8. The van der Waals surface area contributed by atoms with Gasteiger partial charge in [0, 0.05) is 20.3 Å². The summed E-state index contributed by atoms with van der Waals surface area (Å²) in [7, 11) is 3.78. The van der Waals surface area contributed by atoms with Crippen molar-refractivity contribution in [2.45, 2.75) is 6.54 Å². The second-order valence-corrected chi connectivity index (χ2v) is 6.96. The highest BCUT2D eigenvalue weighted by Crippen LogP contribution is 2.28. The average molecular weight is 410 g/mol. The van der Waals surface area contributed by atoms with Crippen molar-refractivity contribution in [1.82, 2.24) is 14.1 Å². The van der Waals surface area contributed by atoms with Crippen molar-refractivity contribution in [3.05, 3.63) is 88.7 Å². The maximum atomic E-state index is 6.71. The fourth-order valence-electron chi connectivity index (χ4n) is 2.90. The van der Waals surface area contributed by atoms with E-state index in [2.05, 4.69) is 9.98 Å². The van der Waals surface area contributed by atoms with Crippen LogP contribution in [0, 0.1) is 0 Å². The monoisotopic (exact) mass is 409 g/mol. The molecule has 3 aromatic rings. The van der Waals surface area contributed by atoms with E-state index < -0.39 is 0 Å². The maximum absolute atomic E-state index is 6.71. The summed E-state index contributed by atoms with van der Waals surface area (Å²) in [4.78, 5) is 8.59. The number of halogens is 1. The molecule has 2 heterocycles. The molecule has 3 rings (SSSR count). The summed E-state index contributed by atoms with van der Waals surface area (Å²) in [5.74, 6) is 0.203. The molecule has 0 saturated heterocycles. The Hall–Kier alpha value is -3.45. The zero-order valence-corrected chi connectivity index (χ0v) is 17.1. The number of amidine groups is 1. The van der Waals surface area contributed by atoms with E-state index in [-0.39, 0.29) is 10.9 Å². The Morgan fingerprint density at radius 1 is 1.00 bits per heavy atom. The van der Waals surface area contributed by atoms with Crippen LogP contribution in [0.3, 0.4) is 0 Å². The summed E-state index contributed by atoms with van der Waals surface area (Å²) >= 11 is 6.71. The van der Waals surface area contributed by atoms with E-state index in [0.29, 0.717) is 23.5 Å². The van der Waals surface area contributed by atoms with Gasteiger partial charge in [-0.3, -0.25) is 4.99 Å². The van der Waals surface area contributed by atoms with Crippen LogP contribution in [0.5, 0.6) is 0 Å². The first-order valence-corrected chi connectivity index (χ1v) is 9.36. The van der Waals surface area contributed by atoms with Crippen molar-refractivity contribution >= 4 is 28.8 Å². The van der Waals surface area contributed by atoms with Gasteiger partial charge < -0.3 is 26.3 Å². The number of nitrogens with two attached hydrogens (primary N) is 3. The van der Waals surface area contributed by atoms with Gasteiger partial charge in [0.05, 0.1) is 52.5 Å². The molecular formula is C21H24ClN7. The van der Waals surface area contributed by atoms with Crippen LogP contribution >= 0.6 is 11.6 Å². The van der Waals surface area contributed by atoms with Gasteiger partial charge in [-0.15, -0.1) is 0 Å². The zero-order valence-electron chi connectivity index (χ0n) is 16.4. The molecule has 0 aliphatic carbocycles. The number of aliphatic imine (C=N–C) groups is 1. The third-order valence-corrected chi connectivity index (χ3v) is 5.01. The van der Waals surface area contributed by atoms with Crippen LogP contribution in [0.15, 0.2) is 76.8 Å². The van der Waals surface area contributed by atoms with Crippen LogP contribution in [0.25, 0.3) is 11.4 Å². The molecule has 0 bridgehead atoms. The highest BCUT2D eigenvalue weighted by Gasteiger charge is 2.19. The highest BCUT2D eigenvalue weighted by molar-refractivity contribution is 6.39. The van der Waals surface area contributed by atoms with Gasteiger partial charge in [-0.05, 0) is 17.7 Å². The zero-order chi connectivity index (χ0) is 21.0. The highest BCUT2D eigenvalue weighted by atomic mass is 35.5. The molecule has 0 atom stereocenters. The topological polar surface area (TPSA) is 113 Å². The first-order chi connectivity index (χ1) is 13.9. The molecule has 8 heteroatoms. The maximum Gasteiger partial charge on any atom is 0.129 e. The number of nitrogens with zero attached hydrogens (tertiary/aromatic N) is 4. The summed E-state index contributed by atoms with van der Waals surface area (Å²) in [6.07, 6.45) is 5.33. The predicted molar refractivity (Wildman–Crippen MR) is 118 cm³/mol. The van der Waals surface area contributed by atoms with Crippen LogP contribution in [0.1, 0.15) is 17.0 Å². The Kier molecular flexibility index (Phi) is 6.09. The van der Waals surface area contributed by atoms with Crippen LogP contribution in [-0.4, -0.2) is 20.0 Å².